The van der Waals surface area contributed by atoms with Gasteiger partial charge in [-0.05, 0) is 49.2 Å². The van der Waals surface area contributed by atoms with Crippen LogP contribution in [0.25, 0.3) is 0 Å². The van der Waals surface area contributed by atoms with Gasteiger partial charge in [0.25, 0.3) is 11.8 Å². The van der Waals surface area contributed by atoms with Gasteiger partial charge in [-0.15, -0.1) is 0 Å². The number of carbonyl (C=O) groups is 2. The van der Waals surface area contributed by atoms with Crippen molar-refractivity contribution in [3.8, 4) is 0 Å². The smallest absolute Gasteiger partial charge is 0.261 e. The minimum atomic E-state index is -0.0853. The van der Waals surface area contributed by atoms with E-state index in [1.54, 1.807) is 9.80 Å². The lowest BCUT2D eigenvalue weighted by Gasteiger charge is -2.20. The van der Waals surface area contributed by atoms with Gasteiger partial charge in [-0.25, -0.2) is 0 Å². The standard InChI is InChI=1S/C34H28N2O2/c1-23-13-17-27(18-14-23)35-31-29(21-25-9-5-3-6-10-25)34(38)36(28-19-15-24(2)16-20-28)32(31)30(33(35)37)22-26-11-7-4-8-12-26/h3-20H,21-22H2,1-2H3. The maximum atomic E-state index is 14.2. The summed E-state index contributed by atoms with van der Waals surface area (Å²) in [5, 5.41) is 0. The zero-order valence-electron chi connectivity index (χ0n) is 21.5. The van der Waals surface area contributed by atoms with Crippen LogP contribution in [-0.4, -0.2) is 11.8 Å². The third kappa shape index (κ3) is 4.14. The van der Waals surface area contributed by atoms with E-state index in [0.29, 0.717) is 35.4 Å². The van der Waals surface area contributed by atoms with Gasteiger partial charge in [-0.3, -0.25) is 19.4 Å². The first-order valence-electron chi connectivity index (χ1n) is 12.9. The lowest BCUT2D eigenvalue weighted by atomic mass is 10.0. The van der Waals surface area contributed by atoms with E-state index in [-0.39, 0.29) is 11.8 Å². The maximum absolute atomic E-state index is 14.2. The van der Waals surface area contributed by atoms with Crippen molar-refractivity contribution >= 4 is 23.2 Å². The number of fused-ring (bicyclic) bond motifs is 1. The van der Waals surface area contributed by atoms with Crippen LogP contribution in [-0.2, 0) is 22.4 Å². The van der Waals surface area contributed by atoms with Crippen LogP contribution < -0.4 is 9.80 Å². The van der Waals surface area contributed by atoms with Gasteiger partial charge in [0.15, 0.2) is 0 Å². The first kappa shape index (κ1) is 23.7. The summed E-state index contributed by atoms with van der Waals surface area (Å²) in [5.74, 6) is -0.171. The van der Waals surface area contributed by atoms with Crippen molar-refractivity contribution in [2.45, 2.75) is 26.7 Å². The van der Waals surface area contributed by atoms with E-state index in [1.807, 2.05) is 123 Å². The number of hydrogen-bond donors (Lipinski definition) is 0. The predicted molar refractivity (Wildman–Crippen MR) is 152 cm³/mol. The number of nitrogens with zero attached hydrogens (tertiary/aromatic N) is 2. The molecule has 0 N–H and O–H groups in total. The Balaban J connectivity index is 1.58. The van der Waals surface area contributed by atoms with Gasteiger partial charge < -0.3 is 0 Å². The first-order valence-corrected chi connectivity index (χ1v) is 12.9. The lowest BCUT2D eigenvalue weighted by Crippen LogP contribution is -2.29. The van der Waals surface area contributed by atoms with Crippen molar-refractivity contribution < 1.29 is 9.59 Å². The molecule has 0 fully saturated rings. The molecular formula is C34H28N2O2. The Morgan fingerprint density at radius 3 is 1.16 bits per heavy atom. The largest absolute Gasteiger partial charge is 0.275 e. The summed E-state index contributed by atoms with van der Waals surface area (Å²) in [6, 6.07) is 35.8. The average Bonchev–Trinajstić information content (AvgIpc) is 3.36. The molecule has 38 heavy (non-hydrogen) atoms. The molecule has 0 atom stereocenters. The lowest BCUT2D eigenvalue weighted by molar-refractivity contribution is -0.114. The molecule has 0 unspecified atom stereocenters. The van der Waals surface area contributed by atoms with Crippen LogP contribution in [0, 0.1) is 13.8 Å². The Morgan fingerprint density at radius 1 is 0.474 bits per heavy atom. The van der Waals surface area contributed by atoms with E-state index in [2.05, 4.69) is 0 Å². The predicted octanol–water partition coefficient (Wildman–Crippen LogP) is 6.69. The van der Waals surface area contributed by atoms with Gasteiger partial charge in [0.2, 0.25) is 0 Å². The highest BCUT2D eigenvalue weighted by molar-refractivity contribution is 6.24. The molecular weight excluding hydrogens is 468 g/mol. The van der Waals surface area contributed by atoms with Gasteiger partial charge in [0.1, 0.15) is 0 Å². The minimum Gasteiger partial charge on any atom is -0.275 e. The van der Waals surface area contributed by atoms with Crippen LogP contribution in [0.5, 0.6) is 0 Å². The summed E-state index contributed by atoms with van der Waals surface area (Å²) in [7, 11) is 0. The molecule has 0 spiro atoms. The van der Waals surface area contributed by atoms with Crippen LogP contribution in [0.4, 0.5) is 11.4 Å². The quantitative estimate of drug-likeness (QED) is 0.298. The first-order chi connectivity index (χ1) is 18.5. The molecule has 2 heterocycles. The average molecular weight is 497 g/mol. The fourth-order valence-corrected chi connectivity index (χ4v) is 5.24. The normalized spacial score (nSPS) is 15.1. The summed E-state index contributed by atoms with van der Waals surface area (Å²) in [6.07, 6.45) is 0.879. The molecule has 4 heteroatoms. The van der Waals surface area contributed by atoms with Crippen LogP contribution in [0.15, 0.2) is 132 Å². The molecule has 0 bridgehead atoms. The van der Waals surface area contributed by atoms with E-state index in [0.717, 1.165) is 33.6 Å². The van der Waals surface area contributed by atoms with Crippen LogP contribution in [0.2, 0.25) is 0 Å². The van der Waals surface area contributed by atoms with Gasteiger partial charge in [0.05, 0.1) is 11.4 Å². The number of anilines is 2. The number of rotatable bonds is 6. The summed E-state index contributed by atoms with van der Waals surface area (Å²) in [6.45, 7) is 4.05. The molecule has 0 saturated carbocycles. The van der Waals surface area contributed by atoms with E-state index in [1.165, 1.54) is 0 Å². The molecule has 0 radical (unpaired) electrons. The zero-order chi connectivity index (χ0) is 26.2. The van der Waals surface area contributed by atoms with E-state index in [4.69, 9.17) is 0 Å². The molecule has 4 aromatic carbocycles. The Hall–Kier alpha value is -4.70. The monoisotopic (exact) mass is 496 g/mol. The summed E-state index contributed by atoms with van der Waals surface area (Å²) in [4.78, 5) is 32.0. The molecule has 0 saturated heterocycles. The molecule has 0 aromatic heterocycles. The van der Waals surface area contributed by atoms with E-state index < -0.39 is 0 Å². The Kier molecular flexibility index (Phi) is 6.01. The summed E-state index contributed by atoms with van der Waals surface area (Å²) >= 11 is 0. The number of amides is 2. The van der Waals surface area contributed by atoms with Gasteiger partial charge in [-0.1, -0.05) is 96.1 Å². The van der Waals surface area contributed by atoms with Gasteiger partial charge in [0, 0.05) is 35.4 Å². The topological polar surface area (TPSA) is 40.6 Å². The molecule has 4 nitrogen and oxygen atoms in total. The third-order valence-corrected chi connectivity index (χ3v) is 7.20. The molecule has 2 aliphatic rings. The zero-order valence-corrected chi connectivity index (χ0v) is 21.5. The molecule has 0 aliphatic carbocycles. The van der Waals surface area contributed by atoms with Crippen molar-refractivity contribution in [1.29, 1.82) is 0 Å². The number of carbonyl (C=O) groups excluding carboxylic acids is 2. The van der Waals surface area contributed by atoms with Crippen molar-refractivity contribution in [2.24, 2.45) is 0 Å². The van der Waals surface area contributed by atoms with Gasteiger partial charge >= 0.3 is 0 Å². The van der Waals surface area contributed by atoms with Crippen molar-refractivity contribution in [3.63, 3.8) is 0 Å². The van der Waals surface area contributed by atoms with Crippen LogP contribution in [0.1, 0.15) is 22.3 Å². The second-order valence-corrected chi connectivity index (χ2v) is 9.93. The van der Waals surface area contributed by atoms with E-state index in [9.17, 15) is 9.59 Å². The highest BCUT2D eigenvalue weighted by atomic mass is 16.2. The third-order valence-electron chi connectivity index (χ3n) is 7.20. The van der Waals surface area contributed by atoms with Crippen molar-refractivity contribution in [1.82, 2.24) is 0 Å². The van der Waals surface area contributed by atoms with Crippen LogP contribution in [0.3, 0.4) is 0 Å². The molecule has 6 rings (SSSR count). The fourth-order valence-electron chi connectivity index (χ4n) is 5.24. The highest BCUT2D eigenvalue weighted by Gasteiger charge is 2.48. The second kappa shape index (κ2) is 9.64. The number of hydrogen-bond acceptors (Lipinski definition) is 2. The summed E-state index contributed by atoms with van der Waals surface area (Å²) < 4.78 is 0. The molecule has 2 aliphatic heterocycles. The Morgan fingerprint density at radius 2 is 0.816 bits per heavy atom. The molecule has 186 valence electrons. The number of benzene rings is 4. The van der Waals surface area contributed by atoms with Crippen molar-refractivity contribution in [3.05, 3.63) is 154 Å². The van der Waals surface area contributed by atoms with Gasteiger partial charge in [-0.2, -0.15) is 0 Å². The molecule has 4 aromatic rings. The SMILES string of the molecule is Cc1ccc(N2C(=O)C(Cc3ccccc3)=C3C2=C(Cc2ccccc2)C(=O)N3c2ccc(C)cc2)cc1. The minimum absolute atomic E-state index is 0.0853. The van der Waals surface area contributed by atoms with E-state index >= 15 is 0 Å². The Bertz CT molecular complexity index is 1460. The number of aryl methyl sites for hydroxylation is 2. The fraction of sp³-hybridized carbons (Fsp3) is 0.118. The van der Waals surface area contributed by atoms with Crippen molar-refractivity contribution in [2.75, 3.05) is 9.80 Å². The summed E-state index contributed by atoms with van der Waals surface area (Å²) in [5.41, 5.74) is 8.45. The maximum Gasteiger partial charge on any atom is 0.261 e. The molecule has 2 amide bonds. The second-order valence-electron chi connectivity index (χ2n) is 9.93. The Labute approximate surface area is 223 Å². The van der Waals surface area contributed by atoms with Crippen LogP contribution >= 0.6 is 0 Å². The highest BCUT2D eigenvalue weighted by Crippen LogP contribution is 2.46.